The number of carbonyl (C=O) groups is 1. The summed E-state index contributed by atoms with van der Waals surface area (Å²) in [6.07, 6.45) is 1.67. The number of nitrogens with one attached hydrogen (secondary N) is 1. The summed E-state index contributed by atoms with van der Waals surface area (Å²) in [5, 5.41) is 2.83. The first-order valence-electron chi connectivity index (χ1n) is 3.74. The van der Waals surface area contributed by atoms with Crippen LogP contribution in [-0.4, -0.2) is 37.5 Å². The van der Waals surface area contributed by atoms with E-state index in [0.717, 1.165) is 26.1 Å². The molecule has 1 saturated heterocycles. The second kappa shape index (κ2) is 3.56. The molecule has 1 heterocycles. The highest BCUT2D eigenvalue weighted by Gasteiger charge is 2.06. The molecular weight excluding hydrogens is 128 g/mol. The van der Waals surface area contributed by atoms with E-state index in [-0.39, 0.29) is 5.91 Å². The Morgan fingerprint density at radius 2 is 2.30 bits per heavy atom. The molecule has 0 atom stereocenters. The lowest BCUT2D eigenvalue weighted by Gasteiger charge is -2.19. The SMILES string of the molecule is CN1CCCC(=O)NCC1. The predicted molar refractivity (Wildman–Crippen MR) is 39.7 cm³/mol. The smallest absolute Gasteiger partial charge is 0.220 e. The van der Waals surface area contributed by atoms with Crippen LogP contribution in [0, 0.1) is 0 Å². The van der Waals surface area contributed by atoms with Crippen LogP contribution in [0.25, 0.3) is 0 Å². The molecule has 1 fully saturated rings. The van der Waals surface area contributed by atoms with E-state index in [1.165, 1.54) is 0 Å². The summed E-state index contributed by atoms with van der Waals surface area (Å²) in [6, 6.07) is 0. The van der Waals surface area contributed by atoms with E-state index in [4.69, 9.17) is 0 Å². The fourth-order valence-electron chi connectivity index (χ4n) is 1.10. The van der Waals surface area contributed by atoms with E-state index in [1.807, 2.05) is 0 Å². The van der Waals surface area contributed by atoms with Crippen molar-refractivity contribution >= 4 is 5.91 Å². The van der Waals surface area contributed by atoms with Gasteiger partial charge in [0.1, 0.15) is 0 Å². The van der Waals surface area contributed by atoms with Gasteiger partial charge in [-0.2, -0.15) is 0 Å². The summed E-state index contributed by atoms with van der Waals surface area (Å²) in [5.74, 6) is 0.202. The molecule has 1 aliphatic heterocycles. The summed E-state index contributed by atoms with van der Waals surface area (Å²) in [4.78, 5) is 13.0. The molecule has 10 heavy (non-hydrogen) atoms. The summed E-state index contributed by atoms with van der Waals surface area (Å²) < 4.78 is 0. The van der Waals surface area contributed by atoms with Crippen LogP contribution in [-0.2, 0) is 4.79 Å². The van der Waals surface area contributed by atoms with E-state index in [1.54, 1.807) is 0 Å². The van der Waals surface area contributed by atoms with Crippen molar-refractivity contribution in [2.75, 3.05) is 26.7 Å². The minimum Gasteiger partial charge on any atom is -0.355 e. The molecule has 1 aliphatic rings. The molecule has 1 N–H and O–H groups in total. The highest BCUT2D eigenvalue weighted by Crippen LogP contribution is 1.95. The Hall–Kier alpha value is -0.570. The van der Waals surface area contributed by atoms with Crippen LogP contribution in [0.15, 0.2) is 0 Å². The van der Waals surface area contributed by atoms with Gasteiger partial charge in [-0.25, -0.2) is 0 Å². The summed E-state index contributed by atoms with van der Waals surface area (Å²) >= 11 is 0. The highest BCUT2D eigenvalue weighted by atomic mass is 16.1. The molecule has 3 nitrogen and oxygen atoms in total. The predicted octanol–water partition coefficient (Wildman–Crippen LogP) is -0.172. The Morgan fingerprint density at radius 1 is 1.50 bits per heavy atom. The Morgan fingerprint density at radius 3 is 3.10 bits per heavy atom. The largest absolute Gasteiger partial charge is 0.355 e. The monoisotopic (exact) mass is 142 g/mol. The standard InChI is InChI=1S/C7H14N2O/c1-9-5-2-3-7(10)8-4-6-9/h2-6H2,1H3,(H,8,10). The molecule has 1 rings (SSSR count). The van der Waals surface area contributed by atoms with Crippen LogP contribution >= 0.6 is 0 Å². The maximum atomic E-state index is 10.8. The Balaban J connectivity index is 2.27. The third-order valence-corrected chi connectivity index (χ3v) is 1.76. The lowest BCUT2D eigenvalue weighted by molar-refractivity contribution is -0.121. The molecule has 58 valence electrons. The maximum absolute atomic E-state index is 10.8. The van der Waals surface area contributed by atoms with Gasteiger partial charge in [0.05, 0.1) is 0 Å². The van der Waals surface area contributed by atoms with Crippen molar-refractivity contribution in [2.45, 2.75) is 12.8 Å². The third kappa shape index (κ3) is 2.35. The van der Waals surface area contributed by atoms with Crippen molar-refractivity contribution in [1.29, 1.82) is 0 Å². The average Bonchev–Trinajstić information content (AvgIpc) is 1.84. The van der Waals surface area contributed by atoms with Crippen LogP contribution in [0.3, 0.4) is 0 Å². The summed E-state index contributed by atoms with van der Waals surface area (Å²) in [7, 11) is 2.08. The van der Waals surface area contributed by atoms with Gasteiger partial charge in [0, 0.05) is 19.5 Å². The van der Waals surface area contributed by atoms with Gasteiger partial charge in [-0.15, -0.1) is 0 Å². The quantitative estimate of drug-likeness (QED) is 0.509. The number of amides is 1. The molecule has 0 bridgehead atoms. The first-order valence-corrected chi connectivity index (χ1v) is 3.74. The minimum absolute atomic E-state index is 0.202. The topological polar surface area (TPSA) is 32.3 Å². The van der Waals surface area contributed by atoms with Crippen molar-refractivity contribution < 1.29 is 4.79 Å². The molecule has 0 saturated carbocycles. The van der Waals surface area contributed by atoms with E-state index in [9.17, 15) is 4.79 Å². The number of rotatable bonds is 0. The van der Waals surface area contributed by atoms with E-state index in [2.05, 4.69) is 17.3 Å². The van der Waals surface area contributed by atoms with Crippen molar-refractivity contribution in [2.24, 2.45) is 0 Å². The van der Waals surface area contributed by atoms with Gasteiger partial charge >= 0.3 is 0 Å². The first-order chi connectivity index (χ1) is 4.79. The molecule has 0 spiro atoms. The molecule has 1 amide bonds. The maximum Gasteiger partial charge on any atom is 0.220 e. The van der Waals surface area contributed by atoms with Crippen molar-refractivity contribution in [3.8, 4) is 0 Å². The van der Waals surface area contributed by atoms with Gasteiger partial charge in [0.2, 0.25) is 5.91 Å². The van der Waals surface area contributed by atoms with Crippen LogP contribution in [0.5, 0.6) is 0 Å². The molecule has 0 aromatic rings. The third-order valence-electron chi connectivity index (χ3n) is 1.76. The summed E-state index contributed by atoms with van der Waals surface area (Å²) in [6.45, 7) is 2.83. The molecule has 3 heteroatoms. The fraction of sp³-hybridized carbons (Fsp3) is 0.857. The number of hydrogen-bond acceptors (Lipinski definition) is 2. The number of hydrogen-bond donors (Lipinski definition) is 1. The van der Waals surface area contributed by atoms with Gasteiger partial charge in [0.15, 0.2) is 0 Å². The Kier molecular flexibility index (Phi) is 2.68. The first kappa shape index (κ1) is 7.54. The van der Waals surface area contributed by atoms with Gasteiger partial charge < -0.3 is 10.2 Å². The lowest BCUT2D eigenvalue weighted by atomic mass is 10.2. The van der Waals surface area contributed by atoms with Crippen molar-refractivity contribution in [3.05, 3.63) is 0 Å². The highest BCUT2D eigenvalue weighted by molar-refractivity contribution is 5.75. The van der Waals surface area contributed by atoms with E-state index in [0.29, 0.717) is 6.42 Å². The van der Waals surface area contributed by atoms with Gasteiger partial charge in [-0.05, 0) is 20.0 Å². The molecule has 0 unspecified atom stereocenters. The van der Waals surface area contributed by atoms with Gasteiger partial charge in [0.25, 0.3) is 0 Å². The molecule has 0 aliphatic carbocycles. The zero-order valence-electron chi connectivity index (χ0n) is 6.39. The van der Waals surface area contributed by atoms with Crippen molar-refractivity contribution in [3.63, 3.8) is 0 Å². The molecule has 0 aromatic carbocycles. The normalized spacial score (nSPS) is 23.1. The molecule has 0 radical (unpaired) electrons. The van der Waals surface area contributed by atoms with Gasteiger partial charge in [-0.1, -0.05) is 0 Å². The Bertz CT molecular complexity index is 113. The second-order valence-corrected chi connectivity index (χ2v) is 2.76. The van der Waals surface area contributed by atoms with Crippen LogP contribution in [0.1, 0.15) is 12.8 Å². The zero-order chi connectivity index (χ0) is 7.40. The Labute approximate surface area is 61.4 Å². The van der Waals surface area contributed by atoms with Gasteiger partial charge in [-0.3, -0.25) is 4.79 Å². The number of likely N-dealkylation sites (N-methyl/N-ethyl adjacent to an activating group) is 1. The lowest BCUT2D eigenvalue weighted by Crippen LogP contribution is -2.36. The van der Waals surface area contributed by atoms with Crippen molar-refractivity contribution in [1.82, 2.24) is 10.2 Å². The van der Waals surface area contributed by atoms with E-state index >= 15 is 0 Å². The number of nitrogens with zero attached hydrogens (tertiary/aromatic N) is 1. The van der Waals surface area contributed by atoms with E-state index < -0.39 is 0 Å². The minimum atomic E-state index is 0.202. The molecular formula is C7H14N2O. The van der Waals surface area contributed by atoms with Crippen LogP contribution < -0.4 is 5.32 Å². The molecule has 0 aromatic heterocycles. The second-order valence-electron chi connectivity index (χ2n) is 2.76. The fourth-order valence-corrected chi connectivity index (χ4v) is 1.10. The number of carbonyl (C=O) groups excluding carboxylic acids is 1. The average molecular weight is 142 g/mol. The van der Waals surface area contributed by atoms with Crippen LogP contribution in [0.4, 0.5) is 0 Å². The summed E-state index contributed by atoms with van der Waals surface area (Å²) in [5.41, 5.74) is 0. The zero-order valence-corrected chi connectivity index (χ0v) is 6.39. The van der Waals surface area contributed by atoms with Crippen LogP contribution in [0.2, 0.25) is 0 Å².